The first-order valence-corrected chi connectivity index (χ1v) is 6.83. The molecule has 0 spiro atoms. The number of carbonyl (C=O) groups excluding carboxylic acids is 1. The highest BCUT2D eigenvalue weighted by Crippen LogP contribution is 2.43. The van der Waals surface area contributed by atoms with Crippen molar-refractivity contribution in [3.63, 3.8) is 0 Å². The molecule has 0 aromatic carbocycles. The Balaban J connectivity index is 1.87. The topological polar surface area (TPSA) is 92.2 Å². The van der Waals surface area contributed by atoms with E-state index in [1.165, 1.54) is 6.33 Å². The SMILES string of the molecule is O=C(O)CC1(CC(=O)NCc2ccncn2)CCCC1. The molecular formula is C14H19N3O3. The van der Waals surface area contributed by atoms with Crippen molar-refractivity contribution in [1.29, 1.82) is 0 Å². The third kappa shape index (κ3) is 4.01. The molecule has 108 valence electrons. The first-order valence-electron chi connectivity index (χ1n) is 6.83. The molecule has 6 nitrogen and oxygen atoms in total. The summed E-state index contributed by atoms with van der Waals surface area (Å²) < 4.78 is 0. The lowest BCUT2D eigenvalue weighted by Gasteiger charge is -2.26. The number of carboxylic acid groups (broad SMARTS) is 1. The van der Waals surface area contributed by atoms with Crippen molar-refractivity contribution in [2.24, 2.45) is 5.41 Å². The van der Waals surface area contributed by atoms with Gasteiger partial charge in [-0.2, -0.15) is 0 Å². The van der Waals surface area contributed by atoms with Crippen molar-refractivity contribution < 1.29 is 14.7 Å². The molecular weight excluding hydrogens is 258 g/mol. The number of hydrogen-bond donors (Lipinski definition) is 2. The minimum atomic E-state index is -0.824. The highest BCUT2D eigenvalue weighted by atomic mass is 16.4. The third-order valence-corrected chi connectivity index (χ3v) is 3.84. The van der Waals surface area contributed by atoms with Crippen LogP contribution < -0.4 is 5.32 Å². The summed E-state index contributed by atoms with van der Waals surface area (Å²) >= 11 is 0. The second kappa shape index (κ2) is 6.45. The lowest BCUT2D eigenvalue weighted by molar-refractivity contribution is -0.140. The summed E-state index contributed by atoms with van der Waals surface area (Å²) in [5.74, 6) is -0.928. The van der Waals surface area contributed by atoms with Gasteiger partial charge in [-0.3, -0.25) is 9.59 Å². The Morgan fingerprint density at radius 1 is 1.30 bits per heavy atom. The summed E-state index contributed by atoms with van der Waals surface area (Å²) in [5.41, 5.74) is 0.383. The van der Waals surface area contributed by atoms with Crippen molar-refractivity contribution >= 4 is 11.9 Å². The second-order valence-electron chi connectivity index (χ2n) is 5.43. The van der Waals surface area contributed by atoms with Gasteiger partial charge < -0.3 is 10.4 Å². The van der Waals surface area contributed by atoms with Crippen molar-refractivity contribution in [3.8, 4) is 0 Å². The van der Waals surface area contributed by atoms with Gasteiger partial charge in [-0.15, -0.1) is 0 Å². The van der Waals surface area contributed by atoms with E-state index < -0.39 is 5.97 Å². The minimum Gasteiger partial charge on any atom is -0.481 e. The minimum absolute atomic E-state index is 0.0773. The molecule has 1 aromatic rings. The monoisotopic (exact) mass is 277 g/mol. The smallest absolute Gasteiger partial charge is 0.303 e. The van der Waals surface area contributed by atoms with Crippen molar-refractivity contribution in [2.75, 3.05) is 0 Å². The van der Waals surface area contributed by atoms with E-state index >= 15 is 0 Å². The fourth-order valence-corrected chi connectivity index (χ4v) is 2.88. The summed E-state index contributed by atoms with van der Waals surface area (Å²) in [7, 11) is 0. The van der Waals surface area contributed by atoms with Gasteiger partial charge in [0.05, 0.1) is 18.7 Å². The Morgan fingerprint density at radius 2 is 2.05 bits per heavy atom. The molecule has 6 heteroatoms. The third-order valence-electron chi connectivity index (χ3n) is 3.84. The Kier molecular flexibility index (Phi) is 4.65. The Bertz CT molecular complexity index is 470. The molecule has 0 radical (unpaired) electrons. The van der Waals surface area contributed by atoms with Gasteiger partial charge in [-0.25, -0.2) is 9.97 Å². The van der Waals surface area contributed by atoms with Gasteiger partial charge in [0.2, 0.25) is 5.91 Å². The lowest BCUT2D eigenvalue weighted by Crippen LogP contribution is -2.31. The van der Waals surface area contributed by atoms with Gasteiger partial charge in [-0.05, 0) is 24.3 Å². The van der Waals surface area contributed by atoms with Crippen LogP contribution in [0.25, 0.3) is 0 Å². The molecule has 1 aliphatic rings. The Morgan fingerprint density at radius 3 is 2.65 bits per heavy atom. The number of amides is 1. The van der Waals surface area contributed by atoms with E-state index in [9.17, 15) is 9.59 Å². The summed E-state index contributed by atoms with van der Waals surface area (Å²) in [4.78, 5) is 30.8. The zero-order valence-electron chi connectivity index (χ0n) is 11.3. The van der Waals surface area contributed by atoms with Gasteiger partial charge in [0.1, 0.15) is 6.33 Å². The molecule has 20 heavy (non-hydrogen) atoms. The largest absolute Gasteiger partial charge is 0.481 e. The molecule has 1 aromatic heterocycles. The van der Waals surface area contributed by atoms with Gasteiger partial charge in [-0.1, -0.05) is 12.8 Å². The van der Waals surface area contributed by atoms with Gasteiger partial charge in [0, 0.05) is 12.6 Å². The molecule has 1 heterocycles. The molecule has 0 atom stereocenters. The van der Waals surface area contributed by atoms with Gasteiger partial charge in [0.25, 0.3) is 0 Å². The molecule has 1 amide bonds. The molecule has 0 bridgehead atoms. The molecule has 0 unspecified atom stereocenters. The fraction of sp³-hybridized carbons (Fsp3) is 0.571. The summed E-state index contributed by atoms with van der Waals surface area (Å²) in [5, 5.41) is 11.8. The highest BCUT2D eigenvalue weighted by Gasteiger charge is 2.37. The maximum Gasteiger partial charge on any atom is 0.303 e. The van der Waals surface area contributed by atoms with E-state index in [1.54, 1.807) is 12.3 Å². The van der Waals surface area contributed by atoms with E-state index in [0.29, 0.717) is 6.54 Å². The standard InChI is InChI=1S/C14H19N3O3/c18-12(16-9-11-3-6-15-10-17-11)7-14(8-13(19)20)4-1-2-5-14/h3,6,10H,1-2,4-5,7-9H2,(H,16,18)(H,19,20). The lowest BCUT2D eigenvalue weighted by atomic mass is 9.79. The second-order valence-corrected chi connectivity index (χ2v) is 5.43. The number of rotatable bonds is 6. The van der Waals surface area contributed by atoms with Gasteiger partial charge in [0.15, 0.2) is 0 Å². The van der Waals surface area contributed by atoms with Crippen molar-refractivity contribution in [1.82, 2.24) is 15.3 Å². The number of hydrogen-bond acceptors (Lipinski definition) is 4. The molecule has 0 saturated heterocycles. The van der Waals surface area contributed by atoms with Crippen LogP contribution in [-0.4, -0.2) is 27.0 Å². The molecule has 0 aliphatic heterocycles. The number of nitrogens with one attached hydrogen (secondary N) is 1. The first kappa shape index (κ1) is 14.4. The van der Waals surface area contributed by atoms with Crippen LogP contribution in [0.15, 0.2) is 18.6 Å². The molecule has 2 N–H and O–H groups in total. The number of carbonyl (C=O) groups is 2. The van der Waals surface area contributed by atoms with Crippen molar-refractivity contribution in [3.05, 3.63) is 24.3 Å². The van der Waals surface area contributed by atoms with Crippen LogP contribution in [0.5, 0.6) is 0 Å². The summed E-state index contributed by atoms with van der Waals surface area (Å²) in [6.45, 7) is 0.352. The van der Waals surface area contributed by atoms with Crippen LogP contribution in [0.1, 0.15) is 44.2 Å². The van der Waals surface area contributed by atoms with Crippen molar-refractivity contribution in [2.45, 2.75) is 45.1 Å². The summed E-state index contributed by atoms with van der Waals surface area (Å²) in [6, 6.07) is 1.74. The molecule has 1 saturated carbocycles. The van der Waals surface area contributed by atoms with E-state index in [0.717, 1.165) is 31.4 Å². The zero-order valence-corrected chi connectivity index (χ0v) is 11.3. The number of aliphatic carboxylic acids is 1. The quantitative estimate of drug-likeness (QED) is 0.822. The van der Waals surface area contributed by atoms with E-state index in [1.807, 2.05) is 0 Å². The average molecular weight is 277 g/mol. The highest BCUT2D eigenvalue weighted by molar-refractivity contribution is 5.78. The zero-order chi connectivity index (χ0) is 14.4. The molecule has 1 aliphatic carbocycles. The fourth-order valence-electron chi connectivity index (χ4n) is 2.88. The number of carboxylic acids is 1. The van der Waals surface area contributed by atoms with Gasteiger partial charge >= 0.3 is 5.97 Å². The maximum atomic E-state index is 12.0. The van der Waals surface area contributed by atoms with Crippen LogP contribution in [0.4, 0.5) is 0 Å². The van der Waals surface area contributed by atoms with Crippen LogP contribution in [-0.2, 0) is 16.1 Å². The van der Waals surface area contributed by atoms with Crippen LogP contribution in [0, 0.1) is 5.41 Å². The van der Waals surface area contributed by atoms with E-state index in [-0.39, 0.29) is 24.2 Å². The average Bonchev–Trinajstić information content (AvgIpc) is 2.85. The maximum absolute atomic E-state index is 12.0. The number of nitrogens with zero attached hydrogens (tertiary/aromatic N) is 2. The predicted molar refractivity (Wildman–Crippen MR) is 71.6 cm³/mol. The van der Waals surface area contributed by atoms with Crippen LogP contribution in [0.2, 0.25) is 0 Å². The first-order chi connectivity index (χ1) is 9.60. The normalized spacial score (nSPS) is 16.8. The van der Waals surface area contributed by atoms with E-state index in [2.05, 4.69) is 15.3 Å². The van der Waals surface area contributed by atoms with Crippen LogP contribution in [0.3, 0.4) is 0 Å². The van der Waals surface area contributed by atoms with E-state index in [4.69, 9.17) is 5.11 Å². The molecule has 1 fully saturated rings. The van der Waals surface area contributed by atoms with Crippen LogP contribution >= 0.6 is 0 Å². The molecule has 2 rings (SSSR count). The predicted octanol–water partition coefficient (Wildman–Crippen LogP) is 1.52. The summed E-state index contributed by atoms with van der Waals surface area (Å²) in [6.07, 6.45) is 7.07. The Labute approximate surface area is 117 Å². The number of aromatic nitrogens is 2. The Hall–Kier alpha value is -1.98.